The van der Waals surface area contributed by atoms with Gasteiger partial charge in [-0.1, -0.05) is 0 Å². The van der Waals surface area contributed by atoms with Crippen LogP contribution in [0.2, 0.25) is 0 Å². The van der Waals surface area contributed by atoms with Gasteiger partial charge in [0.1, 0.15) is 5.75 Å². The van der Waals surface area contributed by atoms with Crippen LogP contribution in [0, 0.1) is 5.82 Å². The van der Waals surface area contributed by atoms with Crippen molar-refractivity contribution in [3.8, 4) is 5.75 Å². The molecule has 1 amide bonds. The van der Waals surface area contributed by atoms with Gasteiger partial charge in [-0.05, 0) is 12.1 Å². The zero-order valence-corrected chi connectivity index (χ0v) is 8.33. The standard InChI is InChI=1S/C10H10FNO3/c1-6(14)12-8-3-4-9(15-2)7(5-13)10(8)11/h3-5H,1-2H3,(H,12,14). The zero-order valence-electron chi connectivity index (χ0n) is 8.33. The topological polar surface area (TPSA) is 55.4 Å². The van der Waals surface area contributed by atoms with Gasteiger partial charge in [-0.25, -0.2) is 4.39 Å². The van der Waals surface area contributed by atoms with Gasteiger partial charge in [0.05, 0.1) is 18.4 Å². The second-order valence-electron chi connectivity index (χ2n) is 2.84. The summed E-state index contributed by atoms with van der Waals surface area (Å²) in [5.41, 5.74) is -0.242. The molecular formula is C10H10FNO3. The summed E-state index contributed by atoms with van der Waals surface area (Å²) in [4.78, 5) is 21.3. The van der Waals surface area contributed by atoms with Gasteiger partial charge >= 0.3 is 0 Å². The number of nitrogens with one attached hydrogen (secondary N) is 1. The molecule has 0 aromatic heterocycles. The number of amides is 1. The van der Waals surface area contributed by atoms with Crippen LogP contribution in [-0.4, -0.2) is 19.3 Å². The molecule has 0 spiro atoms. The van der Waals surface area contributed by atoms with Gasteiger partial charge in [-0.3, -0.25) is 9.59 Å². The Balaban J connectivity index is 3.22. The molecule has 0 saturated carbocycles. The first-order chi connectivity index (χ1) is 7.10. The number of hydrogen-bond donors (Lipinski definition) is 1. The fourth-order valence-electron chi connectivity index (χ4n) is 1.15. The second-order valence-corrected chi connectivity index (χ2v) is 2.84. The Morgan fingerprint density at radius 3 is 2.67 bits per heavy atom. The van der Waals surface area contributed by atoms with E-state index in [9.17, 15) is 14.0 Å². The van der Waals surface area contributed by atoms with E-state index in [1.54, 1.807) is 0 Å². The average molecular weight is 211 g/mol. The maximum Gasteiger partial charge on any atom is 0.221 e. The molecule has 0 unspecified atom stereocenters. The normalized spacial score (nSPS) is 9.53. The molecule has 0 aliphatic carbocycles. The van der Waals surface area contributed by atoms with E-state index in [0.717, 1.165) is 0 Å². The van der Waals surface area contributed by atoms with Gasteiger partial charge in [-0.15, -0.1) is 0 Å². The summed E-state index contributed by atoms with van der Waals surface area (Å²) in [6.07, 6.45) is 0.347. The second kappa shape index (κ2) is 4.54. The van der Waals surface area contributed by atoms with Crippen LogP contribution in [0.3, 0.4) is 0 Å². The van der Waals surface area contributed by atoms with E-state index in [4.69, 9.17) is 4.74 Å². The van der Waals surface area contributed by atoms with Crippen molar-refractivity contribution in [2.75, 3.05) is 12.4 Å². The maximum atomic E-state index is 13.6. The number of anilines is 1. The first-order valence-corrected chi connectivity index (χ1v) is 4.19. The van der Waals surface area contributed by atoms with Crippen molar-refractivity contribution < 1.29 is 18.7 Å². The Hall–Kier alpha value is -1.91. The van der Waals surface area contributed by atoms with Crippen molar-refractivity contribution in [2.24, 2.45) is 0 Å². The smallest absolute Gasteiger partial charge is 0.221 e. The van der Waals surface area contributed by atoms with E-state index >= 15 is 0 Å². The molecule has 1 aromatic rings. The van der Waals surface area contributed by atoms with E-state index in [1.165, 1.54) is 26.2 Å². The summed E-state index contributed by atoms with van der Waals surface area (Å²) >= 11 is 0. The molecule has 0 saturated heterocycles. The van der Waals surface area contributed by atoms with Gasteiger partial charge in [0, 0.05) is 6.92 Å². The molecule has 0 bridgehead atoms. The summed E-state index contributed by atoms with van der Waals surface area (Å²) in [6.45, 7) is 1.25. The summed E-state index contributed by atoms with van der Waals surface area (Å²) in [7, 11) is 1.33. The first kappa shape index (κ1) is 11.2. The van der Waals surface area contributed by atoms with Gasteiger partial charge < -0.3 is 10.1 Å². The van der Waals surface area contributed by atoms with Crippen LogP contribution in [-0.2, 0) is 4.79 Å². The van der Waals surface area contributed by atoms with Crippen molar-refractivity contribution in [1.29, 1.82) is 0 Å². The number of carbonyl (C=O) groups excluding carboxylic acids is 2. The number of benzene rings is 1. The Labute approximate surface area is 86.0 Å². The van der Waals surface area contributed by atoms with Crippen LogP contribution in [0.25, 0.3) is 0 Å². The Kier molecular flexibility index (Phi) is 3.38. The lowest BCUT2D eigenvalue weighted by atomic mass is 10.1. The summed E-state index contributed by atoms with van der Waals surface area (Å²) in [6, 6.07) is 2.75. The SMILES string of the molecule is COc1ccc(NC(C)=O)c(F)c1C=O. The third-order valence-corrected chi connectivity index (χ3v) is 1.79. The predicted molar refractivity (Wildman–Crippen MR) is 52.6 cm³/mol. The van der Waals surface area contributed by atoms with Gasteiger partial charge in [0.25, 0.3) is 0 Å². The number of ether oxygens (including phenoxy) is 1. The van der Waals surface area contributed by atoms with Crippen molar-refractivity contribution in [3.05, 3.63) is 23.5 Å². The van der Waals surface area contributed by atoms with Crippen molar-refractivity contribution in [3.63, 3.8) is 0 Å². The van der Waals surface area contributed by atoms with Crippen molar-refractivity contribution in [1.82, 2.24) is 0 Å². The van der Waals surface area contributed by atoms with E-state index in [-0.39, 0.29) is 17.0 Å². The minimum Gasteiger partial charge on any atom is -0.496 e. The molecule has 5 heteroatoms. The van der Waals surface area contributed by atoms with Crippen molar-refractivity contribution >= 4 is 17.9 Å². The largest absolute Gasteiger partial charge is 0.496 e. The summed E-state index contributed by atoms with van der Waals surface area (Å²) in [5, 5.41) is 2.27. The lowest BCUT2D eigenvalue weighted by Gasteiger charge is -2.08. The van der Waals surface area contributed by atoms with E-state index < -0.39 is 11.7 Å². The van der Waals surface area contributed by atoms with Crippen LogP contribution in [0.4, 0.5) is 10.1 Å². The summed E-state index contributed by atoms with van der Waals surface area (Å²) < 4.78 is 18.3. The molecule has 15 heavy (non-hydrogen) atoms. The highest BCUT2D eigenvalue weighted by atomic mass is 19.1. The maximum absolute atomic E-state index is 13.6. The van der Waals surface area contributed by atoms with Crippen LogP contribution in [0.5, 0.6) is 5.75 Å². The summed E-state index contributed by atoms with van der Waals surface area (Å²) in [5.74, 6) is -1.06. The number of carbonyl (C=O) groups is 2. The molecule has 0 fully saturated rings. The monoisotopic (exact) mass is 211 g/mol. The molecule has 1 rings (SSSR count). The van der Waals surface area contributed by atoms with E-state index in [0.29, 0.717) is 6.29 Å². The number of halogens is 1. The Morgan fingerprint density at radius 2 is 2.20 bits per heavy atom. The highest BCUT2D eigenvalue weighted by Gasteiger charge is 2.13. The number of rotatable bonds is 3. The number of hydrogen-bond acceptors (Lipinski definition) is 3. The van der Waals surface area contributed by atoms with Crippen LogP contribution >= 0.6 is 0 Å². The fourth-order valence-corrected chi connectivity index (χ4v) is 1.15. The third-order valence-electron chi connectivity index (χ3n) is 1.79. The highest BCUT2D eigenvalue weighted by Crippen LogP contribution is 2.25. The lowest BCUT2D eigenvalue weighted by molar-refractivity contribution is -0.114. The van der Waals surface area contributed by atoms with E-state index in [1.807, 2.05) is 0 Å². The van der Waals surface area contributed by atoms with Crippen LogP contribution in [0.1, 0.15) is 17.3 Å². The van der Waals surface area contributed by atoms with Gasteiger partial charge in [-0.2, -0.15) is 0 Å². The molecule has 1 N–H and O–H groups in total. The zero-order chi connectivity index (χ0) is 11.4. The van der Waals surface area contributed by atoms with Gasteiger partial charge in [0.2, 0.25) is 5.91 Å². The van der Waals surface area contributed by atoms with Crippen molar-refractivity contribution in [2.45, 2.75) is 6.92 Å². The molecule has 80 valence electrons. The molecule has 4 nitrogen and oxygen atoms in total. The van der Waals surface area contributed by atoms with Crippen LogP contribution < -0.4 is 10.1 Å². The van der Waals surface area contributed by atoms with E-state index in [2.05, 4.69) is 5.32 Å². The molecule has 1 aromatic carbocycles. The lowest BCUT2D eigenvalue weighted by Crippen LogP contribution is -2.09. The fraction of sp³-hybridized carbons (Fsp3) is 0.200. The minimum absolute atomic E-state index is 0.0367. The highest BCUT2D eigenvalue weighted by molar-refractivity contribution is 5.91. The molecule has 0 atom stereocenters. The molecule has 0 aliphatic rings. The Bertz CT molecular complexity index is 404. The quantitative estimate of drug-likeness (QED) is 0.772. The number of aldehydes is 1. The van der Waals surface area contributed by atoms with Crippen LogP contribution in [0.15, 0.2) is 12.1 Å². The molecular weight excluding hydrogens is 201 g/mol. The Morgan fingerprint density at radius 1 is 1.53 bits per heavy atom. The molecule has 0 radical (unpaired) electrons. The number of methoxy groups -OCH3 is 1. The molecule has 0 aliphatic heterocycles. The molecule has 0 heterocycles. The van der Waals surface area contributed by atoms with Gasteiger partial charge in [0.15, 0.2) is 12.1 Å². The average Bonchev–Trinajstić information content (AvgIpc) is 2.20. The third kappa shape index (κ3) is 2.31. The minimum atomic E-state index is -0.792. The first-order valence-electron chi connectivity index (χ1n) is 4.19. The predicted octanol–water partition coefficient (Wildman–Crippen LogP) is 1.61.